The first-order chi connectivity index (χ1) is 15.6. The molecule has 3 aromatic carbocycles. The number of aryl methyl sites for hydroxylation is 1. The molecule has 162 valence electrons. The van der Waals surface area contributed by atoms with Crippen molar-refractivity contribution < 1.29 is 18.7 Å². The number of amides is 1. The molecule has 0 saturated carbocycles. The monoisotopic (exact) mass is 428 g/mol. The molecule has 0 atom stereocenters. The first kappa shape index (κ1) is 21.2. The van der Waals surface area contributed by atoms with Crippen molar-refractivity contribution in [1.82, 2.24) is 4.98 Å². The van der Waals surface area contributed by atoms with E-state index in [1.807, 2.05) is 54.6 Å². The van der Waals surface area contributed by atoms with Gasteiger partial charge in [0.15, 0.2) is 5.76 Å². The molecule has 32 heavy (non-hydrogen) atoms. The molecule has 4 rings (SSSR count). The zero-order chi connectivity index (χ0) is 22.5. The summed E-state index contributed by atoms with van der Waals surface area (Å²) in [7, 11) is 3.18. The molecule has 0 bridgehead atoms. The van der Waals surface area contributed by atoms with Gasteiger partial charge in [0.25, 0.3) is 5.91 Å². The van der Waals surface area contributed by atoms with Crippen LogP contribution in [0.2, 0.25) is 0 Å². The van der Waals surface area contributed by atoms with E-state index in [2.05, 4.69) is 17.2 Å². The number of rotatable bonds is 7. The van der Waals surface area contributed by atoms with Gasteiger partial charge in [0.1, 0.15) is 11.5 Å². The van der Waals surface area contributed by atoms with Crippen LogP contribution in [0.4, 0.5) is 5.69 Å². The van der Waals surface area contributed by atoms with E-state index in [4.69, 9.17) is 13.9 Å². The summed E-state index contributed by atoms with van der Waals surface area (Å²) in [4.78, 5) is 17.4. The third-order valence-corrected chi connectivity index (χ3v) is 5.20. The lowest BCUT2D eigenvalue weighted by molar-refractivity contribution is 0.102. The van der Waals surface area contributed by atoms with Gasteiger partial charge < -0.3 is 19.2 Å². The van der Waals surface area contributed by atoms with Crippen LogP contribution in [0, 0.1) is 0 Å². The Hall–Kier alpha value is -4.06. The van der Waals surface area contributed by atoms with Crippen molar-refractivity contribution in [2.75, 3.05) is 19.5 Å². The molecule has 1 amide bonds. The fourth-order valence-corrected chi connectivity index (χ4v) is 3.42. The van der Waals surface area contributed by atoms with E-state index in [1.165, 1.54) is 5.56 Å². The van der Waals surface area contributed by atoms with Crippen LogP contribution in [0.1, 0.15) is 22.8 Å². The number of benzene rings is 3. The first-order valence-electron chi connectivity index (χ1n) is 10.3. The van der Waals surface area contributed by atoms with Crippen molar-refractivity contribution >= 4 is 11.6 Å². The van der Waals surface area contributed by atoms with Crippen LogP contribution in [0.3, 0.4) is 0 Å². The summed E-state index contributed by atoms with van der Waals surface area (Å²) in [5.74, 6) is 1.94. The SMILES string of the molecule is CCc1ccc(NC(=O)c2ccccc2-c2ncc(-c3ccc(OC)cc3OC)o2)cc1. The Balaban J connectivity index is 1.63. The lowest BCUT2D eigenvalue weighted by Crippen LogP contribution is -2.13. The van der Waals surface area contributed by atoms with Crippen molar-refractivity contribution in [2.45, 2.75) is 13.3 Å². The lowest BCUT2D eigenvalue weighted by Gasteiger charge is -2.09. The van der Waals surface area contributed by atoms with Gasteiger partial charge in [0.05, 0.1) is 31.5 Å². The summed E-state index contributed by atoms with van der Waals surface area (Å²) in [5, 5.41) is 2.95. The highest BCUT2D eigenvalue weighted by Crippen LogP contribution is 2.35. The Labute approximate surface area is 186 Å². The standard InChI is InChI=1S/C26H24N2O4/c1-4-17-9-11-18(12-10-17)28-25(29)20-7-5-6-8-21(20)26-27-16-24(32-26)22-14-13-19(30-2)15-23(22)31-3/h5-16H,4H2,1-3H3,(H,28,29). The molecule has 1 N–H and O–H groups in total. The third-order valence-electron chi connectivity index (χ3n) is 5.20. The van der Waals surface area contributed by atoms with Crippen molar-refractivity contribution in [3.05, 3.63) is 84.1 Å². The van der Waals surface area contributed by atoms with Gasteiger partial charge in [0, 0.05) is 17.3 Å². The second kappa shape index (κ2) is 9.39. The highest BCUT2D eigenvalue weighted by Gasteiger charge is 2.18. The number of carbonyl (C=O) groups is 1. The molecule has 0 aliphatic rings. The zero-order valence-corrected chi connectivity index (χ0v) is 18.2. The number of oxazole rings is 1. The van der Waals surface area contributed by atoms with Gasteiger partial charge in [-0.2, -0.15) is 0 Å². The largest absolute Gasteiger partial charge is 0.497 e. The first-order valence-corrected chi connectivity index (χ1v) is 10.3. The number of anilines is 1. The minimum Gasteiger partial charge on any atom is -0.497 e. The normalized spacial score (nSPS) is 10.6. The average molecular weight is 428 g/mol. The zero-order valence-electron chi connectivity index (χ0n) is 18.2. The number of hydrogen-bond acceptors (Lipinski definition) is 5. The minimum absolute atomic E-state index is 0.230. The molecule has 0 spiro atoms. The number of nitrogens with one attached hydrogen (secondary N) is 1. The molecule has 6 heteroatoms. The fourth-order valence-electron chi connectivity index (χ4n) is 3.42. The molecule has 0 aliphatic heterocycles. The summed E-state index contributed by atoms with van der Waals surface area (Å²) in [6.07, 6.45) is 2.57. The number of nitrogens with zero attached hydrogens (tertiary/aromatic N) is 1. The van der Waals surface area contributed by atoms with E-state index in [-0.39, 0.29) is 5.91 Å². The van der Waals surface area contributed by atoms with Crippen LogP contribution < -0.4 is 14.8 Å². The van der Waals surface area contributed by atoms with Crippen LogP contribution in [-0.2, 0) is 6.42 Å². The van der Waals surface area contributed by atoms with Gasteiger partial charge in [0.2, 0.25) is 5.89 Å². The smallest absolute Gasteiger partial charge is 0.256 e. The third kappa shape index (κ3) is 4.34. The summed E-state index contributed by atoms with van der Waals surface area (Å²) in [5.41, 5.74) is 3.77. The predicted molar refractivity (Wildman–Crippen MR) is 124 cm³/mol. The molecule has 0 aliphatic carbocycles. The molecule has 1 aromatic heterocycles. The molecule has 1 heterocycles. The summed E-state index contributed by atoms with van der Waals surface area (Å²) in [6, 6.07) is 20.5. The highest BCUT2D eigenvalue weighted by molar-refractivity contribution is 6.08. The van der Waals surface area contributed by atoms with E-state index in [0.717, 1.165) is 17.7 Å². The van der Waals surface area contributed by atoms with E-state index in [1.54, 1.807) is 32.5 Å². The van der Waals surface area contributed by atoms with Crippen LogP contribution in [0.25, 0.3) is 22.8 Å². The number of methoxy groups -OCH3 is 2. The van der Waals surface area contributed by atoms with E-state index in [0.29, 0.717) is 34.3 Å². The Bertz CT molecular complexity index is 1230. The summed E-state index contributed by atoms with van der Waals surface area (Å²) in [6.45, 7) is 2.09. The average Bonchev–Trinajstić information content (AvgIpc) is 3.34. The molecular weight excluding hydrogens is 404 g/mol. The van der Waals surface area contributed by atoms with Crippen LogP contribution in [0.15, 0.2) is 77.3 Å². The van der Waals surface area contributed by atoms with Gasteiger partial charge in [-0.05, 0) is 48.4 Å². The Morgan fingerprint density at radius 1 is 0.969 bits per heavy atom. The van der Waals surface area contributed by atoms with Crippen molar-refractivity contribution in [1.29, 1.82) is 0 Å². The van der Waals surface area contributed by atoms with Gasteiger partial charge in [-0.3, -0.25) is 4.79 Å². The van der Waals surface area contributed by atoms with Gasteiger partial charge >= 0.3 is 0 Å². The van der Waals surface area contributed by atoms with Crippen molar-refractivity contribution in [3.8, 4) is 34.3 Å². The van der Waals surface area contributed by atoms with E-state index >= 15 is 0 Å². The predicted octanol–water partition coefficient (Wildman–Crippen LogP) is 5.84. The highest BCUT2D eigenvalue weighted by atomic mass is 16.5. The molecular formula is C26H24N2O4. The van der Waals surface area contributed by atoms with Crippen LogP contribution in [-0.4, -0.2) is 25.1 Å². The van der Waals surface area contributed by atoms with Crippen molar-refractivity contribution in [2.24, 2.45) is 0 Å². The molecule has 0 radical (unpaired) electrons. The van der Waals surface area contributed by atoms with Crippen LogP contribution >= 0.6 is 0 Å². The molecule has 4 aromatic rings. The number of ether oxygens (including phenoxy) is 2. The second-order valence-electron chi connectivity index (χ2n) is 7.15. The number of hydrogen-bond donors (Lipinski definition) is 1. The molecule has 0 saturated heterocycles. The number of aromatic nitrogens is 1. The maximum Gasteiger partial charge on any atom is 0.256 e. The molecule has 0 unspecified atom stereocenters. The van der Waals surface area contributed by atoms with Gasteiger partial charge in [-0.1, -0.05) is 31.2 Å². The van der Waals surface area contributed by atoms with Gasteiger partial charge in [-0.25, -0.2) is 4.98 Å². The fraction of sp³-hybridized carbons (Fsp3) is 0.154. The molecule has 0 fully saturated rings. The second-order valence-corrected chi connectivity index (χ2v) is 7.15. The summed E-state index contributed by atoms with van der Waals surface area (Å²) >= 11 is 0. The maximum atomic E-state index is 13.0. The maximum absolute atomic E-state index is 13.0. The number of carbonyl (C=O) groups excluding carboxylic acids is 1. The Morgan fingerprint density at radius 2 is 1.75 bits per heavy atom. The van der Waals surface area contributed by atoms with Gasteiger partial charge in [-0.15, -0.1) is 0 Å². The Morgan fingerprint density at radius 3 is 2.47 bits per heavy atom. The van der Waals surface area contributed by atoms with E-state index < -0.39 is 0 Å². The minimum atomic E-state index is -0.230. The summed E-state index contributed by atoms with van der Waals surface area (Å²) < 4.78 is 16.8. The Kier molecular flexibility index (Phi) is 6.22. The topological polar surface area (TPSA) is 73.6 Å². The lowest BCUT2D eigenvalue weighted by atomic mass is 10.1. The van der Waals surface area contributed by atoms with Crippen LogP contribution in [0.5, 0.6) is 11.5 Å². The quantitative estimate of drug-likeness (QED) is 0.400. The van der Waals surface area contributed by atoms with E-state index in [9.17, 15) is 4.79 Å². The van der Waals surface area contributed by atoms with Crippen molar-refractivity contribution in [3.63, 3.8) is 0 Å². The molecule has 6 nitrogen and oxygen atoms in total.